The monoisotopic (exact) mass is 249 g/mol. The second kappa shape index (κ2) is 6.07. The van der Waals surface area contributed by atoms with Crippen LogP contribution in [-0.2, 0) is 9.53 Å². The van der Waals surface area contributed by atoms with E-state index in [0.717, 1.165) is 49.9 Å². The predicted octanol–water partition coefficient (Wildman–Crippen LogP) is 2.93. The van der Waals surface area contributed by atoms with E-state index in [4.69, 9.17) is 4.74 Å². The van der Waals surface area contributed by atoms with Crippen molar-refractivity contribution in [2.24, 2.45) is 5.92 Å². The van der Waals surface area contributed by atoms with Crippen molar-refractivity contribution in [1.82, 2.24) is 5.32 Å². The highest BCUT2D eigenvalue weighted by Crippen LogP contribution is 2.35. The van der Waals surface area contributed by atoms with Crippen molar-refractivity contribution in [1.29, 1.82) is 0 Å². The van der Waals surface area contributed by atoms with E-state index in [9.17, 15) is 4.79 Å². The standard InChI is InChI=1S/C15H23NO2/c1-3-6-11-8-9-12-7-5-10-16-14(12)13(11)15(17)18-4-2/h9,11,16H,3-8,10H2,1-2H3. The summed E-state index contributed by atoms with van der Waals surface area (Å²) in [5.74, 6) is 0.212. The molecule has 0 radical (unpaired) electrons. The third-order valence-electron chi connectivity index (χ3n) is 3.70. The first-order valence-corrected chi connectivity index (χ1v) is 7.12. The Bertz CT molecular complexity index is 382. The topological polar surface area (TPSA) is 38.3 Å². The lowest BCUT2D eigenvalue weighted by atomic mass is 9.81. The summed E-state index contributed by atoms with van der Waals surface area (Å²) in [6.45, 7) is 5.45. The molecular weight excluding hydrogens is 226 g/mol. The number of allylic oxidation sites excluding steroid dienone is 2. The first kappa shape index (κ1) is 13.2. The summed E-state index contributed by atoms with van der Waals surface area (Å²) in [6.07, 6.45) is 7.70. The van der Waals surface area contributed by atoms with Crippen LogP contribution < -0.4 is 5.32 Å². The largest absolute Gasteiger partial charge is 0.463 e. The van der Waals surface area contributed by atoms with E-state index in [1.54, 1.807) is 0 Å². The number of piperidine rings is 1. The Balaban J connectivity index is 2.30. The summed E-state index contributed by atoms with van der Waals surface area (Å²) in [5, 5.41) is 3.41. The number of carbonyl (C=O) groups excluding carboxylic acids is 1. The van der Waals surface area contributed by atoms with Crippen LogP contribution in [0.25, 0.3) is 0 Å². The summed E-state index contributed by atoms with van der Waals surface area (Å²) >= 11 is 0. The summed E-state index contributed by atoms with van der Waals surface area (Å²) < 4.78 is 5.24. The van der Waals surface area contributed by atoms with Gasteiger partial charge in [-0.05, 0) is 44.1 Å². The fourth-order valence-corrected chi connectivity index (χ4v) is 2.90. The predicted molar refractivity (Wildman–Crippen MR) is 72.0 cm³/mol. The van der Waals surface area contributed by atoms with Crippen LogP contribution in [0.5, 0.6) is 0 Å². The molecule has 3 nitrogen and oxygen atoms in total. The third-order valence-corrected chi connectivity index (χ3v) is 3.70. The van der Waals surface area contributed by atoms with Gasteiger partial charge in [0.25, 0.3) is 0 Å². The summed E-state index contributed by atoms with van der Waals surface area (Å²) in [5.41, 5.74) is 3.29. The number of carbonyl (C=O) groups is 1. The lowest BCUT2D eigenvalue weighted by Crippen LogP contribution is -2.31. The molecule has 0 bridgehead atoms. The molecule has 3 heteroatoms. The van der Waals surface area contributed by atoms with Gasteiger partial charge in [-0.1, -0.05) is 19.4 Å². The van der Waals surface area contributed by atoms with Gasteiger partial charge < -0.3 is 10.1 Å². The van der Waals surface area contributed by atoms with Crippen molar-refractivity contribution in [2.45, 2.75) is 46.0 Å². The molecule has 1 aliphatic heterocycles. The van der Waals surface area contributed by atoms with Crippen molar-refractivity contribution in [2.75, 3.05) is 13.2 Å². The van der Waals surface area contributed by atoms with Crippen LogP contribution in [0.2, 0.25) is 0 Å². The molecule has 1 fully saturated rings. The number of ether oxygens (including phenoxy) is 1. The average molecular weight is 249 g/mol. The van der Waals surface area contributed by atoms with E-state index in [1.165, 1.54) is 5.57 Å². The van der Waals surface area contributed by atoms with E-state index in [-0.39, 0.29) is 5.97 Å². The van der Waals surface area contributed by atoms with Crippen molar-refractivity contribution in [3.05, 3.63) is 22.9 Å². The minimum Gasteiger partial charge on any atom is -0.463 e. The molecule has 2 rings (SSSR count). The maximum absolute atomic E-state index is 12.2. The normalized spacial score (nSPS) is 23.0. The minimum atomic E-state index is -0.119. The highest BCUT2D eigenvalue weighted by Gasteiger charge is 2.30. The molecule has 0 aromatic heterocycles. The van der Waals surface area contributed by atoms with Gasteiger partial charge in [0.05, 0.1) is 12.2 Å². The number of hydrogen-bond donors (Lipinski definition) is 1. The molecule has 1 aliphatic carbocycles. The molecule has 1 heterocycles. The molecule has 1 N–H and O–H groups in total. The van der Waals surface area contributed by atoms with Gasteiger partial charge in [-0.2, -0.15) is 0 Å². The summed E-state index contributed by atoms with van der Waals surface area (Å²) in [7, 11) is 0. The fourth-order valence-electron chi connectivity index (χ4n) is 2.90. The Kier molecular flexibility index (Phi) is 4.45. The van der Waals surface area contributed by atoms with E-state index in [0.29, 0.717) is 12.5 Å². The van der Waals surface area contributed by atoms with Crippen molar-refractivity contribution in [3.8, 4) is 0 Å². The van der Waals surface area contributed by atoms with Gasteiger partial charge in [-0.15, -0.1) is 0 Å². The maximum Gasteiger partial charge on any atom is 0.336 e. The number of nitrogens with one attached hydrogen (secondary N) is 1. The smallest absolute Gasteiger partial charge is 0.336 e. The van der Waals surface area contributed by atoms with Gasteiger partial charge in [0.1, 0.15) is 0 Å². The molecule has 100 valence electrons. The zero-order chi connectivity index (χ0) is 13.0. The summed E-state index contributed by atoms with van der Waals surface area (Å²) in [6, 6.07) is 0. The lowest BCUT2D eigenvalue weighted by molar-refractivity contribution is -0.139. The highest BCUT2D eigenvalue weighted by molar-refractivity contribution is 5.91. The van der Waals surface area contributed by atoms with Crippen LogP contribution in [0.4, 0.5) is 0 Å². The highest BCUT2D eigenvalue weighted by atomic mass is 16.5. The molecule has 0 aromatic rings. The van der Waals surface area contributed by atoms with E-state index in [1.807, 2.05) is 6.92 Å². The van der Waals surface area contributed by atoms with Crippen molar-refractivity contribution >= 4 is 5.97 Å². The van der Waals surface area contributed by atoms with Gasteiger partial charge in [0.15, 0.2) is 0 Å². The second-order valence-corrected chi connectivity index (χ2v) is 4.99. The van der Waals surface area contributed by atoms with Crippen LogP contribution in [0, 0.1) is 5.92 Å². The van der Waals surface area contributed by atoms with E-state index < -0.39 is 0 Å². The molecule has 18 heavy (non-hydrogen) atoms. The second-order valence-electron chi connectivity index (χ2n) is 4.99. The first-order valence-electron chi connectivity index (χ1n) is 7.12. The maximum atomic E-state index is 12.2. The minimum absolute atomic E-state index is 0.119. The third kappa shape index (κ3) is 2.60. The van der Waals surface area contributed by atoms with Gasteiger partial charge in [-0.25, -0.2) is 4.79 Å². The Morgan fingerprint density at radius 3 is 3.06 bits per heavy atom. The number of hydrogen-bond acceptors (Lipinski definition) is 3. The Morgan fingerprint density at radius 1 is 1.50 bits per heavy atom. The number of fused-ring (bicyclic) bond motifs is 1. The molecular formula is C15H23NO2. The molecule has 0 spiro atoms. The van der Waals surface area contributed by atoms with Crippen LogP contribution >= 0.6 is 0 Å². The van der Waals surface area contributed by atoms with Crippen LogP contribution in [-0.4, -0.2) is 19.1 Å². The molecule has 1 atom stereocenters. The number of rotatable bonds is 4. The van der Waals surface area contributed by atoms with Crippen LogP contribution in [0.3, 0.4) is 0 Å². The quantitative estimate of drug-likeness (QED) is 0.778. The van der Waals surface area contributed by atoms with E-state index in [2.05, 4.69) is 18.3 Å². The Hall–Kier alpha value is -1.25. The molecule has 1 unspecified atom stereocenters. The van der Waals surface area contributed by atoms with Gasteiger partial charge in [-0.3, -0.25) is 0 Å². The molecule has 0 saturated carbocycles. The van der Waals surface area contributed by atoms with E-state index >= 15 is 0 Å². The molecule has 2 aliphatic rings. The number of esters is 1. The average Bonchev–Trinajstić information content (AvgIpc) is 2.39. The lowest BCUT2D eigenvalue weighted by Gasteiger charge is -2.31. The van der Waals surface area contributed by atoms with Crippen LogP contribution in [0.15, 0.2) is 22.9 Å². The first-order chi connectivity index (χ1) is 8.77. The van der Waals surface area contributed by atoms with Gasteiger partial charge in [0.2, 0.25) is 0 Å². The Morgan fingerprint density at radius 2 is 2.33 bits per heavy atom. The Labute approximate surface area is 109 Å². The zero-order valence-corrected chi connectivity index (χ0v) is 11.4. The van der Waals surface area contributed by atoms with Crippen LogP contribution in [0.1, 0.15) is 46.0 Å². The fraction of sp³-hybridized carbons (Fsp3) is 0.667. The molecule has 0 amide bonds. The van der Waals surface area contributed by atoms with Gasteiger partial charge in [0, 0.05) is 12.2 Å². The zero-order valence-electron chi connectivity index (χ0n) is 11.4. The van der Waals surface area contributed by atoms with Gasteiger partial charge >= 0.3 is 5.97 Å². The SMILES string of the molecule is CCCC1CC=C2CCCNC2=C1C(=O)OCC. The van der Waals surface area contributed by atoms with Crippen molar-refractivity contribution in [3.63, 3.8) is 0 Å². The summed E-state index contributed by atoms with van der Waals surface area (Å²) in [4.78, 5) is 12.2. The van der Waals surface area contributed by atoms with Crippen molar-refractivity contribution < 1.29 is 9.53 Å². The molecule has 0 aromatic carbocycles. The molecule has 1 saturated heterocycles.